The maximum absolute atomic E-state index is 12.9. The second kappa shape index (κ2) is 10.9. The van der Waals surface area contributed by atoms with Gasteiger partial charge in [-0.2, -0.15) is 0 Å². The quantitative estimate of drug-likeness (QED) is 0.449. The van der Waals surface area contributed by atoms with Gasteiger partial charge in [-0.25, -0.2) is 13.9 Å². The highest BCUT2D eigenvalue weighted by atomic mass is 35.5. The molecule has 0 fully saturated rings. The lowest BCUT2D eigenvalue weighted by molar-refractivity contribution is -0.142. The molecule has 0 aliphatic carbocycles. The molecule has 9 heteroatoms. The standard InChI is InChI=1S/C24H28ClN3O4S/c1-7-8-16-9-12-20(26-15-16)22(30)27-17-10-11-19(25)18(13-17)24(5,14-21(29)32-6)28-33(31)23(2,3)4/h9-13,15,28H,14H2,1-6H3,(H,27,30)/t24-,33?/m0/s1. The third-order valence-corrected chi connectivity index (χ3v) is 6.76. The number of amides is 1. The smallest absolute Gasteiger partial charge is 0.307 e. The average molecular weight is 490 g/mol. The molecule has 2 atom stereocenters. The molecule has 0 saturated carbocycles. The van der Waals surface area contributed by atoms with E-state index in [4.69, 9.17) is 16.3 Å². The molecule has 7 nitrogen and oxygen atoms in total. The summed E-state index contributed by atoms with van der Waals surface area (Å²) >= 11 is 6.48. The number of methoxy groups -OCH3 is 1. The van der Waals surface area contributed by atoms with E-state index >= 15 is 0 Å². The van der Waals surface area contributed by atoms with Crippen molar-refractivity contribution < 1.29 is 18.5 Å². The van der Waals surface area contributed by atoms with Crippen molar-refractivity contribution in [2.24, 2.45) is 0 Å². The molecule has 1 unspecified atom stereocenters. The van der Waals surface area contributed by atoms with Gasteiger partial charge in [0.25, 0.3) is 5.91 Å². The Bertz CT molecular complexity index is 1120. The number of esters is 1. The lowest BCUT2D eigenvalue weighted by Gasteiger charge is -2.34. The average Bonchev–Trinajstić information content (AvgIpc) is 2.74. The van der Waals surface area contributed by atoms with E-state index in [1.54, 1.807) is 44.2 Å². The van der Waals surface area contributed by atoms with Crippen molar-refractivity contribution in [3.8, 4) is 11.8 Å². The minimum absolute atomic E-state index is 0.121. The molecule has 0 spiro atoms. The van der Waals surface area contributed by atoms with E-state index in [0.29, 0.717) is 21.8 Å². The van der Waals surface area contributed by atoms with Crippen LogP contribution >= 0.6 is 11.6 Å². The fourth-order valence-corrected chi connectivity index (χ4v) is 4.10. The predicted molar refractivity (Wildman–Crippen MR) is 131 cm³/mol. The molecule has 1 aromatic carbocycles. The summed E-state index contributed by atoms with van der Waals surface area (Å²) in [4.78, 5) is 29.0. The molecule has 0 saturated heterocycles. The third kappa shape index (κ3) is 7.13. The Morgan fingerprint density at radius 3 is 2.42 bits per heavy atom. The van der Waals surface area contributed by atoms with E-state index in [1.165, 1.54) is 13.3 Å². The number of rotatable bonds is 7. The van der Waals surface area contributed by atoms with Gasteiger partial charge in [-0.15, -0.1) is 5.92 Å². The highest BCUT2D eigenvalue weighted by molar-refractivity contribution is 7.84. The SMILES string of the molecule is CC#Cc1ccc(C(=O)Nc2ccc(Cl)c([C@](C)(CC(=O)OC)NS(=O)C(C)(C)C)c2)nc1. The molecule has 176 valence electrons. The monoisotopic (exact) mass is 489 g/mol. The van der Waals surface area contributed by atoms with Crippen LogP contribution < -0.4 is 10.0 Å². The number of halogens is 1. The van der Waals surface area contributed by atoms with Crippen molar-refractivity contribution in [1.29, 1.82) is 0 Å². The molecule has 0 radical (unpaired) electrons. The van der Waals surface area contributed by atoms with E-state index in [-0.39, 0.29) is 12.1 Å². The van der Waals surface area contributed by atoms with Crippen molar-refractivity contribution in [3.05, 3.63) is 58.4 Å². The first-order valence-corrected chi connectivity index (χ1v) is 11.7. The fourth-order valence-electron chi connectivity index (χ4n) is 2.87. The number of aromatic nitrogens is 1. The molecule has 2 rings (SSSR count). The summed E-state index contributed by atoms with van der Waals surface area (Å²) < 4.78 is 20.2. The summed E-state index contributed by atoms with van der Waals surface area (Å²) in [6, 6.07) is 8.19. The van der Waals surface area contributed by atoms with Crippen LogP contribution in [0.2, 0.25) is 5.02 Å². The zero-order chi connectivity index (χ0) is 24.8. The van der Waals surface area contributed by atoms with E-state index in [2.05, 4.69) is 26.9 Å². The molecule has 33 heavy (non-hydrogen) atoms. The second-order valence-corrected chi connectivity index (χ2v) is 10.9. The number of benzene rings is 1. The van der Waals surface area contributed by atoms with Gasteiger partial charge in [0.1, 0.15) is 5.69 Å². The van der Waals surface area contributed by atoms with Gasteiger partial charge in [0.2, 0.25) is 0 Å². The maximum atomic E-state index is 12.9. The topological polar surface area (TPSA) is 97.4 Å². The molecule has 0 bridgehead atoms. The van der Waals surface area contributed by atoms with Gasteiger partial charge >= 0.3 is 5.97 Å². The molecule has 0 aliphatic heterocycles. The number of nitrogens with zero attached hydrogens (tertiary/aromatic N) is 1. The largest absolute Gasteiger partial charge is 0.469 e. The Hall–Kier alpha value is -2.73. The Morgan fingerprint density at radius 2 is 1.88 bits per heavy atom. The van der Waals surface area contributed by atoms with E-state index in [9.17, 15) is 13.8 Å². The zero-order valence-electron chi connectivity index (χ0n) is 19.5. The molecule has 1 amide bonds. The first-order valence-electron chi connectivity index (χ1n) is 10.2. The number of carbonyl (C=O) groups excluding carboxylic acids is 2. The number of carbonyl (C=O) groups is 2. The number of pyridine rings is 1. The van der Waals surface area contributed by atoms with Gasteiger partial charge < -0.3 is 10.1 Å². The number of hydrogen-bond acceptors (Lipinski definition) is 5. The molecule has 2 aromatic rings. The second-order valence-electron chi connectivity index (χ2n) is 8.52. The van der Waals surface area contributed by atoms with Crippen LogP contribution in [0.15, 0.2) is 36.5 Å². The van der Waals surface area contributed by atoms with Crippen molar-refractivity contribution in [2.75, 3.05) is 12.4 Å². The van der Waals surface area contributed by atoms with Crippen LogP contribution in [-0.2, 0) is 26.1 Å². The van der Waals surface area contributed by atoms with Crippen molar-refractivity contribution in [2.45, 2.75) is 51.3 Å². The molecule has 1 aromatic heterocycles. The Labute approximate surface area is 202 Å². The summed E-state index contributed by atoms with van der Waals surface area (Å²) in [6.45, 7) is 8.89. The minimum atomic E-state index is -1.51. The van der Waals surface area contributed by atoms with Crippen molar-refractivity contribution in [1.82, 2.24) is 9.71 Å². The van der Waals surface area contributed by atoms with Crippen LogP contribution in [0.3, 0.4) is 0 Å². The van der Waals surface area contributed by atoms with Crippen molar-refractivity contribution >= 4 is 40.2 Å². The van der Waals surface area contributed by atoms with E-state index in [1.807, 2.05) is 20.8 Å². The number of hydrogen-bond donors (Lipinski definition) is 2. The number of ether oxygens (including phenoxy) is 1. The van der Waals surface area contributed by atoms with Crippen LogP contribution in [-0.4, -0.2) is 32.9 Å². The Balaban J connectivity index is 2.39. The van der Waals surface area contributed by atoms with Crippen LogP contribution in [0.4, 0.5) is 5.69 Å². The summed E-state index contributed by atoms with van der Waals surface area (Å²) in [7, 11) is -0.226. The molecule has 1 heterocycles. The van der Waals surface area contributed by atoms with Crippen LogP contribution in [0.1, 0.15) is 62.7 Å². The molecular formula is C24H28ClN3O4S. The van der Waals surface area contributed by atoms with Gasteiger partial charge in [0, 0.05) is 22.5 Å². The lowest BCUT2D eigenvalue weighted by Crippen LogP contribution is -2.47. The van der Waals surface area contributed by atoms with Gasteiger partial charge in [-0.3, -0.25) is 9.59 Å². The first-order chi connectivity index (χ1) is 15.4. The van der Waals surface area contributed by atoms with Gasteiger partial charge in [-0.1, -0.05) is 17.5 Å². The summed E-state index contributed by atoms with van der Waals surface area (Å²) in [5, 5.41) is 3.13. The minimum Gasteiger partial charge on any atom is -0.469 e. The molecule has 2 N–H and O–H groups in total. The van der Waals surface area contributed by atoms with E-state index < -0.39 is 33.1 Å². The first kappa shape index (κ1) is 26.5. The highest BCUT2D eigenvalue weighted by Crippen LogP contribution is 2.35. The summed E-state index contributed by atoms with van der Waals surface area (Å²) in [5.41, 5.74) is 0.739. The van der Waals surface area contributed by atoms with Crippen LogP contribution in [0.5, 0.6) is 0 Å². The van der Waals surface area contributed by atoms with Gasteiger partial charge in [0.05, 0.1) is 34.8 Å². The Morgan fingerprint density at radius 1 is 1.18 bits per heavy atom. The fraction of sp³-hybridized carbons (Fsp3) is 0.375. The van der Waals surface area contributed by atoms with Gasteiger partial charge in [-0.05, 0) is 70.5 Å². The molecule has 0 aliphatic rings. The van der Waals surface area contributed by atoms with E-state index in [0.717, 1.165) is 0 Å². The Kier molecular flexibility index (Phi) is 8.78. The summed E-state index contributed by atoms with van der Waals surface area (Å²) in [6.07, 6.45) is 1.40. The predicted octanol–water partition coefficient (Wildman–Crippen LogP) is 4.19. The maximum Gasteiger partial charge on any atom is 0.307 e. The zero-order valence-corrected chi connectivity index (χ0v) is 21.1. The highest BCUT2D eigenvalue weighted by Gasteiger charge is 2.36. The van der Waals surface area contributed by atoms with Gasteiger partial charge in [0.15, 0.2) is 0 Å². The number of anilines is 1. The van der Waals surface area contributed by atoms with Crippen LogP contribution in [0, 0.1) is 11.8 Å². The van der Waals surface area contributed by atoms with Crippen LogP contribution in [0.25, 0.3) is 0 Å². The number of nitrogens with one attached hydrogen (secondary N) is 2. The lowest BCUT2D eigenvalue weighted by atomic mass is 9.89. The van der Waals surface area contributed by atoms with Crippen molar-refractivity contribution in [3.63, 3.8) is 0 Å². The normalized spacial score (nSPS) is 13.8. The summed E-state index contributed by atoms with van der Waals surface area (Å²) in [5.74, 6) is 4.73. The molecular weight excluding hydrogens is 462 g/mol. The third-order valence-electron chi connectivity index (χ3n) is 4.68.